The van der Waals surface area contributed by atoms with Crippen LogP contribution in [0.4, 0.5) is 0 Å². The third-order valence-electron chi connectivity index (χ3n) is 2.01. The predicted octanol–water partition coefficient (Wildman–Crippen LogP) is 1.54. The Morgan fingerprint density at radius 1 is 1.33 bits per heavy atom. The average Bonchev–Trinajstić information content (AvgIpc) is 2.17. The Balaban J connectivity index is 2.79. The Morgan fingerprint density at radius 2 is 2.17 bits per heavy atom. The quantitative estimate of drug-likeness (QED) is 0.577. The van der Waals surface area contributed by atoms with E-state index in [1.165, 1.54) is 10.9 Å². The lowest BCUT2D eigenvalue weighted by Crippen LogP contribution is -2.33. The molecule has 0 aliphatic carbocycles. The first-order valence-corrected chi connectivity index (χ1v) is 4.14. The van der Waals surface area contributed by atoms with Crippen molar-refractivity contribution in [2.45, 2.75) is 13.5 Å². The number of nitrogens with zero attached hydrogens (tertiary/aromatic N) is 2. The highest BCUT2D eigenvalue weighted by molar-refractivity contribution is 5.73. The van der Waals surface area contributed by atoms with Crippen molar-refractivity contribution in [2.24, 2.45) is 0 Å². The number of hydrogen-bond donors (Lipinski definition) is 0. The molecule has 0 radical (unpaired) electrons. The third kappa shape index (κ3) is 1.05. The van der Waals surface area contributed by atoms with Crippen LogP contribution in [0, 0.1) is 0 Å². The second kappa shape index (κ2) is 2.89. The van der Waals surface area contributed by atoms with E-state index in [1.54, 1.807) is 0 Å². The van der Waals surface area contributed by atoms with E-state index in [0.29, 0.717) is 0 Å². The van der Waals surface area contributed by atoms with Gasteiger partial charge in [-0.25, -0.2) is 4.57 Å². The summed E-state index contributed by atoms with van der Waals surface area (Å²) in [5.41, 5.74) is 1.25. The summed E-state index contributed by atoms with van der Waals surface area (Å²) in [5.74, 6) is 0. The molecule has 2 aromatic rings. The standard InChI is InChI=1S/C10H11N2/c1-2-12-8-11-7-9-5-3-4-6-10(9)12/h3-8H,2H2,1H3/q+1. The van der Waals surface area contributed by atoms with Crippen LogP contribution < -0.4 is 4.57 Å². The lowest BCUT2D eigenvalue weighted by atomic mass is 10.2. The van der Waals surface area contributed by atoms with E-state index in [4.69, 9.17) is 0 Å². The first kappa shape index (κ1) is 7.22. The molecule has 2 heteroatoms. The SMILES string of the molecule is CC[n+]1cncc2ccccc21. The molecular formula is C10H11N2+. The van der Waals surface area contributed by atoms with Crippen LogP contribution in [0.5, 0.6) is 0 Å². The number of benzene rings is 1. The zero-order valence-electron chi connectivity index (χ0n) is 7.07. The van der Waals surface area contributed by atoms with Crippen LogP contribution in [0.2, 0.25) is 0 Å². The van der Waals surface area contributed by atoms with Crippen LogP contribution in [0.1, 0.15) is 6.92 Å². The topological polar surface area (TPSA) is 16.8 Å². The molecule has 2 rings (SSSR count). The Kier molecular flexibility index (Phi) is 1.74. The molecule has 0 aliphatic heterocycles. The van der Waals surface area contributed by atoms with Gasteiger partial charge in [-0.2, -0.15) is 0 Å². The molecular weight excluding hydrogens is 148 g/mol. The van der Waals surface area contributed by atoms with Gasteiger partial charge < -0.3 is 0 Å². The summed E-state index contributed by atoms with van der Waals surface area (Å²) in [5, 5.41) is 1.20. The highest BCUT2D eigenvalue weighted by Crippen LogP contribution is 2.05. The van der Waals surface area contributed by atoms with E-state index in [-0.39, 0.29) is 0 Å². The van der Waals surface area contributed by atoms with Gasteiger partial charge in [-0.1, -0.05) is 17.1 Å². The van der Waals surface area contributed by atoms with E-state index >= 15 is 0 Å². The molecule has 0 bridgehead atoms. The van der Waals surface area contributed by atoms with E-state index in [9.17, 15) is 0 Å². The third-order valence-corrected chi connectivity index (χ3v) is 2.01. The van der Waals surface area contributed by atoms with Gasteiger partial charge in [0.2, 0.25) is 0 Å². The summed E-state index contributed by atoms with van der Waals surface area (Å²) in [6.07, 6.45) is 3.75. The summed E-state index contributed by atoms with van der Waals surface area (Å²) in [6.45, 7) is 3.09. The minimum Gasteiger partial charge on any atom is -0.230 e. The maximum absolute atomic E-state index is 4.15. The number of hydrogen-bond acceptors (Lipinski definition) is 1. The molecule has 0 aliphatic rings. The van der Waals surface area contributed by atoms with Crippen molar-refractivity contribution in [2.75, 3.05) is 0 Å². The van der Waals surface area contributed by atoms with Crippen molar-refractivity contribution >= 4 is 10.9 Å². The number of aryl methyl sites for hydroxylation is 1. The molecule has 1 heterocycles. The van der Waals surface area contributed by atoms with Crippen molar-refractivity contribution in [3.63, 3.8) is 0 Å². The van der Waals surface area contributed by atoms with Gasteiger partial charge in [0.1, 0.15) is 5.52 Å². The van der Waals surface area contributed by atoms with Crippen LogP contribution in [-0.2, 0) is 6.54 Å². The van der Waals surface area contributed by atoms with Gasteiger partial charge in [-0.15, -0.1) is 0 Å². The molecule has 0 fully saturated rings. The van der Waals surface area contributed by atoms with E-state index in [0.717, 1.165) is 6.54 Å². The van der Waals surface area contributed by atoms with E-state index in [2.05, 4.69) is 34.7 Å². The molecule has 0 N–H and O–H groups in total. The first-order valence-electron chi connectivity index (χ1n) is 4.14. The molecule has 1 aromatic heterocycles. The van der Waals surface area contributed by atoms with Crippen molar-refractivity contribution < 1.29 is 4.57 Å². The monoisotopic (exact) mass is 159 g/mol. The largest absolute Gasteiger partial charge is 0.286 e. The maximum Gasteiger partial charge on any atom is 0.286 e. The number of aromatic nitrogens is 2. The van der Waals surface area contributed by atoms with Gasteiger partial charge in [0, 0.05) is 0 Å². The lowest BCUT2D eigenvalue weighted by molar-refractivity contribution is -0.670. The molecule has 0 saturated heterocycles. The van der Waals surface area contributed by atoms with Crippen LogP contribution in [0.3, 0.4) is 0 Å². The molecule has 0 amide bonds. The van der Waals surface area contributed by atoms with Gasteiger partial charge in [0.25, 0.3) is 6.33 Å². The zero-order chi connectivity index (χ0) is 8.39. The van der Waals surface area contributed by atoms with Crippen molar-refractivity contribution in [3.05, 3.63) is 36.8 Å². The maximum atomic E-state index is 4.15. The van der Waals surface area contributed by atoms with Gasteiger partial charge in [-0.3, -0.25) is 0 Å². The number of rotatable bonds is 1. The Morgan fingerprint density at radius 3 is 3.00 bits per heavy atom. The van der Waals surface area contributed by atoms with E-state index in [1.807, 2.05) is 18.6 Å². The molecule has 2 nitrogen and oxygen atoms in total. The van der Waals surface area contributed by atoms with Crippen molar-refractivity contribution in [1.82, 2.24) is 4.98 Å². The fourth-order valence-corrected chi connectivity index (χ4v) is 1.37. The van der Waals surface area contributed by atoms with Crippen molar-refractivity contribution in [1.29, 1.82) is 0 Å². The minimum atomic E-state index is 0.967. The summed E-state index contributed by atoms with van der Waals surface area (Å²) >= 11 is 0. The normalized spacial score (nSPS) is 10.4. The molecule has 1 aromatic carbocycles. The first-order chi connectivity index (χ1) is 5.92. The summed E-state index contributed by atoms with van der Waals surface area (Å²) in [7, 11) is 0. The van der Waals surface area contributed by atoms with E-state index < -0.39 is 0 Å². The van der Waals surface area contributed by atoms with Crippen molar-refractivity contribution in [3.8, 4) is 0 Å². The van der Waals surface area contributed by atoms with Gasteiger partial charge >= 0.3 is 0 Å². The van der Waals surface area contributed by atoms with Crippen LogP contribution >= 0.6 is 0 Å². The van der Waals surface area contributed by atoms with Gasteiger partial charge in [0.15, 0.2) is 6.20 Å². The molecule has 0 saturated carbocycles. The number of para-hydroxylation sites is 1. The molecule has 60 valence electrons. The zero-order valence-corrected chi connectivity index (χ0v) is 7.07. The number of fused-ring (bicyclic) bond motifs is 1. The Labute approximate surface area is 71.5 Å². The minimum absolute atomic E-state index is 0.967. The molecule has 12 heavy (non-hydrogen) atoms. The Bertz CT molecular complexity index is 390. The molecule has 0 atom stereocenters. The second-order valence-electron chi connectivity index (χ2n) is 2.74. The smallest absolute Gasteiger partial charge is 0.230 e. The summed E-state index contributed by atoms with van der Waals surface area (Å²) in [6, 6.07) is 8.27. The summed E-state index contributed by atoms with van der Waals surface area (Å²) in [4.78, 5) is 4.15. The predicted molar refractivity (Wildman–Crippen MR) is 47.6 cm³/mol. The highest BCUT2D eigenvalue weighted by Gasteiger charge is 2.01. The molecule has 0 spiro atoms. The summed E-state index contributed by atoms with van der Waals surface area (Å²) < 4.78 is 2.13. The second-order valence-corrected chi connectivity index (χ2v) is 2.74. The Hall–Kier alpha value is -1.44. The van der Waals surface area contributed by atoms with Crippen LogP contribution in [-0.4, -0.2) is 4.98 Å². The van der Waals surface area contributed by atoms with Gasteiger partial charge in [-0.05, 0) is 19.1 Å². The highest BCUT2D eigenvalue weighted by atomic mass is 15.0. The molecule has 0 unspecified atom stereocenters. The fourth-order valence-electron chi connectivity index (χ4n) is 1.37. The fraction of sp³-hybridized carbons (Fsp3) is 0.200. The lowest BCUT2D eigenvalue weighted by Gasteiger charge is -1.97. The van der Waals surface area contributed by atoms with Crippen LogP contribution in [0.25, 0.3) is 10.9 Å². The average molecular weight is 159 g/mol. The van der Waals surface area contributed by atoms with Gasteiger partial charge in [0.05, 0.1) is 11.9 Å². The van der Waals surface area contributed by atoms with Crippen LogP contribution in [0.15, 0.2) is 36.8 Å².